The van der Waals surface area contributed by atoms with Gasteiger partial charge in [-0.1, -0.05) is 142 Å². The van der Waals surface area contributed by atoms with Crippen molar-refractivity contribution in [1.29, 1.82) is 0 Å². The lowest BCUT2D eigenvalue weighted by Crippen LogP contribution is -2.35. The topological polar surface area (TPSA) is 18.5 Å². The molecule has 0 aliphatic heterocycles. The van der Waals surface area contributed by atoms with Crippen LogP contribution in [-0.4, -0.2) is 21.8 Å². The Labute approximate surface area is 204 Å². The molecule has 0 spiro atoms. The maximum Gasteiger partial charge on any atom is 0.331 e. The first-order chi connectivity index (χ1) is 15.6. The quantitative estimate of drug-likeness (QED) is 0.0713. The second-order valence-corrected chi connectivity index (χ2v) is 13.6. The zero-order chi connectivity index (χ0) is 23.6. The zero-order valence-electron chi connectivity index (χ0n) is 22.7. The third-order valence-electron chi connectivity index (χ3n) is 6.37. The molecule has 0 saturated carbocycles. The van der Waals surface area contributed by atoms with Crippen LogP contribution in [0.1, 0.15) is 149 Å². The molecule has 0 heterocycles. The molecule has 0 unspecified atom stereocenters. The van der Waals surface area contributed by atoms with Crippen molar-refractivity contribution in [2.75, 3.05) is 13.2 Å². The van der Waals surface area contributed by atoms with E-state index < -0.39 is 8.56 Å². The van der Waals surface area contributed by atoms with Crippen LogP contribution in [0, 0.1) is 0 Å². The number of hydrogen-bond acceptors (Lipinski definition) is 2. The van der Waals surface area contributed by atoms with E-state index in [0.717, 1.165) is 6.61 Å². The number of unbranched alkanes of at least 4 members (excludes halogenated alkanes) is 19. The van der Waals surface area contributed by atoms with Gasteiger partial charge in [0, 0.05) is 6.61 Å². The second kappa shape index (κ2) is 25.5. The van der Waals surface area contributed by atoms with E-state index in [2.05, 4.69) is 39.1 Å². The third-order valence-corrected chi connectivity index (χ3v) is 8.13. The molecule has 2 nitrogen and oxygen atoms in total. The van der Waals surface area contributed by atoms with E-state index in [9.17, 15) is 0 Å². The molecule has 0 aliphatic carbocycles. The van der Waals surface area contributed by atoms with Crippen molar-refractivity contribution < 1.29 is 8.85 Å². The highest BCUT2D eigenvalue weighted by Crippen LogP contribution is 2.14. The second-order valence-electron chi connectivity index (χ2n) is 10.2. The summed E-state index contributed by atoms with van der Waals surface area (Å²) >= 11 is 0. The van der Waals surface area contributed by atoms with Gasteiger partial charge in [0.2, 0.25) is 0 Å². The first kappa shape index (κ1) is 31.9. The summed E-state index contributed by atoms with van der Waals surface area (Å²) in [7, 11) is -1.95. The van der Waals surface area contributed by atoms with E-state index in [-0.39, 0.29) is 0 Å². The summed E-state index contributed by atoms with van der Waals surface area (Å²) in [5.74, 6) is 0. The van der Waals surface area contributed by atoms with Crippen molar-refractivity contribution in [1.82, 2.24) is 0 Å². The predicted octanol–water partition coefficient (Wildman–Crippen LogP) is 10.5. The van der Waals surface area contributed by atoms with Crippen molar-refractivity contribution in [3.63, 3.8) is 0 Å². The van der Waals surface area contributed by atoms with Gasteiger partial charge in [-0.15, -0.1) is 0 Å². The lowest BCUT2D eigenvalue weighted by atomic mass is 10.0. The molecule has 0 radical (unpaired) electrons. The minimum atomic E-state index is -1.95. The van der Waals surface area contributed by atoms with E-state index in [0.29, 0.717) is 6.61 Å². The first-order valence-electron chi connectivity index (χ1n) is 14.5. The van der Waals surface area contributed by atoms with E-state index in [1.165, 1.54) is 135 Å². The Hall–Kier alpha value is -0.123. The summed E-state index contributed by atoms with van der Waals surface area (Å²) in [6, 6.07) is 0. The van der Waals surface area contributed by atoms with Gasteiger partial charge in [0.05, 0.1) is 6.61 Å². The van der Waals surface area contributed by atoms with Gasteiger partial charge < -0.3 is 8.85 Å². The molecular formula is C29H60O2Si. The monoisotopic (exact) mass is 468 g/mol. The first-order valence-corrected chi connectivity index (χ1v) is 17.4. The van der Waals surface area contributed by atoms with Crippen LogP contribution >= 0.6 is 0 Å². The Morgan fingerprint density at radius 1 is 0.469 bits per heavy atom. The van der Waals surface area contributed by atoms with Gasteiger partial charge in [0.25, 0.3) is 0 Å². The fraction of sp³-hybridized carbons (Fsp3) is 0.931. The van der Waals surface area contributed by atoms with Crippen LogP contribution < -0.4 is 0 Å². The van der Waals surface area contributed by atoms with Gasteiger partial charge in [-0.3, -0.25) is 0 Å². The van der Waals surface area contributed by atoms with Crippen molar-refractivity contribution in [2.24, 2.45) is 0 Å². The lowest BCUT2D eigenvalue weighted by Gasteiger charge is -2.22. The molecule has 0 N–H and O–H groups in total. The van der Waals surface area contributed by atoms with E-state index in [4.69, 9.17) is 8.85 Å². The summed E-state index contributed by atoms with van der Waals surface area (Å²) in [6.07, 6.45) is 33.5. The summed E-state index contributed by atoms with van der Waals surface area (Å²) in [5.41, 5.74) is 0. The van der Waals surface area contributed by atoms with Gasteiger partial charge in [-0.2, -0.15) is 0 Å². The molecule has 0 amide bonds. The Balaban J connectivity index is 3.34. The highest BCUT2D eigenvalue weighted by atomic mass is 28.4. The van der Waals surface area contributed by atoms with Gasteiger partial charge in [0.15, 0.2) is 0 Å². The average molecular weight is 469 g/mol. The van der Waals surface area contributed by atoms with Gasteiger partial charge >= 0.3 is 8.56 Å². The molecule has 3 heteroatoms. The predicted molar refractivity (Wildman–Crippen MR) is 147 cm³/mol. The molecule has 192 valence electrons. The van der Waals surface area contributed by atoms with Crippen LogP contribution in [0.2, 0.25) is 13.1 Å². The average Bonchev–Trinajstić information content (AvgIpc) is 2.77. The molecule has 0 fully saturated rings. The zero-order valence-corrected chi connectivity index (χ0v) is 23.7. The van der Waals surface area contributed by atoms with E-state index in [1.54, 1.807) is 0 Å². The van der Waals surface area contributed by atoms with Crippen molar-refractivity contribution in [2.45, 2.75) is 162 Å². The Morgan fingerprint density at radius 3 is 1.34 bits per heavy atom. The molecule has 0 aromatic rings. The van der Waals surface area contributed by atoms with Crippen LogP contribution in [0.3, 0.4) is 0 Å². The molecule has 0 atom stereocenters. The largest absolute Gasteiger partial charge is 0.395 e. The summed E-state index contributed by atoms with van der Waals surface area (Å²) < 4.78 is 12.1. The Bertz CT molecular complexity index is 381. The summed E-state index contributed by atoms with van der Waals surface area (Å²) in [6.45, 7) is 10.5. The Kier molecular flexibility index (Phi) is 25.4. The molecule has 0 bridgehead atoms. The molecule has 0 aromatic heterocycles. The van der Waals surface area contributed by atoms with Crippen LogP contribution in [0.15, 0.2) is 12.2 Å². The fourth-order valence-electron chi connectivity index (χ4n) is 4.13. The highest BCUT2D eigenvalue weighted by molar-refractivity contribution is 6.64. The summed E-state index contributed by atoms with van der Waals surface area (Å²) in [5, 5.41) is 0. The molecule has 0 saturated heterocycles. The number of rotatable bonds is 26. The van der Waals surface area contributed by atoms with Crippen molar-refractivity contribution >= 4 is 8.56 Å². The Morgan fingerprint density at radius 2 is 0.875 bits per heavy atom. The van der Waals surface area contributed by atoms with Gasteiger partial charge in [0.1, 0.15) is 0 Å². The maximum absolute atomic E-state index is 6.10. The van der Waals surface area contributed by atoms with Crippen molar-refractivity contribution in [3.05, 3.63) is 12.2 Å². The fourth-order valence-corrected chi connectivity index (χ4v) is 5.35. The molecule has 32 heavy (non-hydrogen) atoms. The maximum atomic E-state index is 6.10. The van der Waals surface area contributed by atoms with E-state index >= 15 is 0 Å². The summed E-state index contributed by atoms with van der Waals surface area (Å²) in [4.78, 5) is 0. The van der Waals surface area contributed by atoms with Crippen LogP contribution in [-0.2, 0) is 8.85 Å². The highest BCUT2D eigenvalue weighted by Gasteiger charge is 2.23. The molecule has 0 aliphatic rings. The molecule has 0 aromatic carbocycles. The van der Waals surface area contributed by atoms with Crippen LogP contribution in [0.25, 0.3) is 0 Å². The van der Waals surface area contributed by atoms with Crippen LogP contribution in [0.4, 0.5) is 0 Å². The van der Waals surface area contributed by atoms with Crippen LogP contribution in [0.5, 0.6) is 0 Å². The SMILES string of the molecule is CCCCCCCC/C=C/CO[Si](C)(C)OCCCCCCCCCCCCCCCC. The minimum absolute atomic E-state index is 0.716. The van der Waals surface area contributed by atoms with Crippen molar-refractivity contribution in [3.8, 4) is 0 Å². The number of allylic oxidation sites excluding steroid dienone is 1. The molecule has 0 rings (SSSR count). The number of hydrogen-bond donors (Lipinski definition) is 0. The van der Waals surface area contributed by atoms with Gasteiger partial charge in [-0.05, 0) is 32.4 Å². The minimum Gasteiger partial charge on any atom is -0.395 e. The lowest BCUT2D eigenvalue weighted by molar-refractivity contribution is 0.190. The smallest absolute Gasteiger partial charge is 0.331 e. The van der Waals surface area contributed by atoms with E-state index in [1.807, 2.05) is 0 Å². The third kappa shape index (κ3) is 26.1. The molecular weight excluding hydrogens is 408 g/mol. The standard InChI is InChI=1S/C29H60O2Si/c1-5-7-9-11-13-15-16-17-18-19-21-23-25-27-29-31-32(3,4)30-28-26-24-22-20-14-12-10-8-6-2/h24,26H,5-23,25,27-29H2,1-4H3/b26-24+. The normalized spacial score (nSPS) is 12.2. The van der Waals surface area contributed by atoms with Gasteiger partial charge in [-0.25, -0.2) is 0 Å².